The van der Waals surface area contributed by atoms with Crippen LogP contribution in [0.2, 0.25) is 0 Å². The average Bonchev–Trinajstić information content (AvgIpc) is 1.34. The Kier molecular flexibility index (Phi) is 16.3. The number of aliphatic hydroxyl groups excluding tert-OH is 2. The number of Topliss-reactive ketones (excluding diaryl/α,β-unsaturated/α-hetero) is 1. The maximum Gasteiger partial charge on any atom is 0.412 e. The number of rotatable bonds is 13. The number of carbonyl (C=O) groups excluding carboxylic acids is 6. The molecule has 5 aromatic rings. The van der Waals surface area contributed by atoms with Gasteiger partial charge < -0.3 is 70.9 Å². The van der Waals surface area contributed by atoms with Crippen molar-refractivity contribution in [3.63, 3.8) is 0 Å². The van der Waals surface area contributed by atoms with E-state index in [0.29, 0.717) is 54.0 Å². The van der Waals surface area contributed by atoms with Crippen LogP contribution < -0.4 is 31.2 Å². The summed E-state index contributed by atoms with van der Waals surface area (Å²) in [7, 11) is 1.29. The smallest absolute Gasteiger partial charge is 0.412 e. The van der Waals surface area contributed by atoms with Crippen LogP contribution in [-0.4, -0.2) is 138 Å². The van der Waals surface area contributed by atoms with E-state index in [1.54, 1.807) is 36.7 Å². The van der Waals surface area contributed by atoms with E-state index >= 15 is 0 Å². The largest absolute Gasteiger partial charge is 0.507 e. The van der Waals surface area contributed by atoms with E-state index in [2.05, 4.69) is 36.1 Å². The van der Waals surface area contributed by atoms with Crippen LogP contribution in [0.25, 0.3) is 0 Å². The molecule has 0 radical (unpaired) electrons. The molecule has 1 saturated heterocycles. The van der Waals surface area contributed by atoms with Gasteiger partial charge in [0.25, 0.3) is 0 Å². The van der Waals surface area contributed by atoms with Gasteiger partial charge in [-0.1, -0.05) is 30.3 Å². The fourth-order valence-electron chi connectivity index (χ4n) is 11.6. The Hall–Kier alpha value is -8.52. The van der Waals surface area contributed by atoms with Crippen molar-refractivity contribution in [2.24, 2.45) is 27.8 Å². The Morgan fingerprint density at radius 2 is 1.52 bits per heavy atom. The van der Waals surface area contributed by atoms with Gasteiger partial charge in [0.05, 0.1) is 76.7 Å². The SMILES string of the molecule is COc1cccc2c1C(=O)c1c(O)c3c(c(O)c1C2=O)C[C@@](O)(C(=O)CO)CC3OC1CC(NC(=O)OCc2ccc(OC(=O)NC3CCC4C(c5ccc(NC(C)=O)cn5)=NN=C(c5ccccn5)C4CCC3N)cc2)C(O)C(C)O1. The third-order valence-corrected chi connectivity index (χ3v) is 15.7. The van der Waals surface area contributed by atoms with Gasteiger partial charge in [-0.3, -0.25) is 29.1 Å². The van der Waals surface area contributed by atoms with Crippen molar-refractivity contribution in [1.82, 2.24) is 20.6 Å². The number of amides is 3. The number of hydrogen-bond acceptors (Lipinski definition) is 21. The van der Waals surface area contributed by atoms with Crippen LogP contribution in [0.4, 0.5) is 15.3 Å². The standard InChI is InChI=1S/C58H60N8O16/c1-27-51(70)40(21-44(80-27)82-42-23-58(77,43(69)25-67)22-35-46(42)55(74)48-47(53(35)72)52(71)34-7-6-9-41(78-3)45(34)54(48)73)64-56(75)79-26-29-10-13-31(14-11-29)81-57(76)63-37-19-16-33-32(15-17-36(37)59)49(38-8-4-5-20-60-38)65-66-50(33)39-18-12-30(24-61-39)62-28(2)68/h4-14,18,20,24,27,32-33,36-37,40,42,44,51,67,70,72,74,77H,15-17,19,21-23,25-26,59H2,1-3H3,(H,62,68)(H,63,76)(H,64,75)/t27?,32?,33?,36?,37?,40?,42?,44?,51?,58-/m0/s1. The first-order valence-electron chi connectivity index (χ1n) is 26.7. The van der Waals surface area contributed by atoms with Crippen LogP contribution in [0, 0.1) is 11.8 Å². The Labute approximate surface area is 468 Å². The highest BCUT2D eigenvalue weighted by molar-refractivity contribution is 6.31. The first-order chi connectivity index (χ1) is 39.4. The van der Waals surface area contributed by atoms with E-state index in [1.165, 1.54) is 51.3 Å². The Balaban J connectivity index is 0.763. The number of nitrogens with zero attached hydrogens (tertiary/aromatic N) is 4. The van der Waals surface area contributed by atoms with Crippen molar-refractivity contribution in [3.05, 3.63) is 136 Å². The van der Waals surface area contributed by atoms with Crippen molar-refractivity contribution >= 4 is 52.6 Å². The third-order valence-electron chi connectivity index (χ3n) is 15.7. The van der Waals surface area contributed by atoms with E-state index in [0.717, 1.165) is 5.71 Å². The van der Waals surface area contributed by atoms with Crippen LogP contribution in [0.3, 0.4) is 0 Å². The van der Waals surface area contributed by atoms with Gasteiger partial charge in [0, 0.05) is 73.0 Å². The lowest BCUT2D eigenvalue weighted by Crippen LogP contribution is -2.56. The first kappa shape index (κ1) is 56.7. The molecule has 82 heavy (non-hydrogen) atoms. The van der Waals surface area contributed by atoms with Crippen LogP contribution in [0.1, 0.15) is 118 Å². The quantitative estimate of drug-likeness (QED) is 0.0731. The second kappa shape index (κ2) is 23.5. The number of fused-ring (bicyclic) bond motifs is 4. The number of ketones is 3. The molecule has 0 bridgehead atoms. The van der Waals surface area contributed by atoms with Gasteiger partial charge in [0.1, 0.15) is 47.9 Å². The number of aromatic nitrogens is 2. The molecule has 2 fully saturated rings. The van der Waals surface area contributed by atoms with Crippen molar-refractivity contribution in [2.45, 2.75) is 114 Å². The number of alkyl carbamates (subject to hydrolysis) is 1. The van der Waals surface area contributed by atoms with Gasteiger partial charge in [-0.25, -0.2) is 9.59 Å². The zero-order chi connectivity index (χ0) is 58.1. The first-order valence-corrected chi connectivity index (χ1v) is 26.7. The maximum atomic E-state index is 14.1. The van der Waals surface area contributed by atoms with E-state index in [-0.39, 0.29) is 64.5 Å². The molecule has 3 aromatic carbocycles. The number of ether oxygens (including phenoxy) is 5. The zero-order valence-corrected chi connectivity index (χ0v) is 44.7. The molecule has 428 valence electrons. The lowest BCUT2D eigenvalue weighted by Gasteiger charge is -2.42. The highest BCUT2D eigenvalue weighted by Gasteiger charge is 2.51. The van der Waals surface area contributed by atoms with Gasteiger partial charge in [-0.2, -0.15) is 10.2 Å². The summed E-state index contributed by atoms with van der Waals surface area (Å²) in [5.74, 6) is -4.55. The van der Waals surface area contributed by atoms with Gasteiger partial charge >= 0.3 is 12.2 Å². The summed E-state index contributed by atoms with van der Waals surface area (Å²) in [6.07, 6.45) is -2.98. The molecular formula is C58H60N8O16. The summed E-state index contributed by atoms with van der Waals surface area (Å²) in [4.78, 5) is 88.6. The zero-order valence-electron chi connectivity index (χ0n) is 44.7. The van der Waals surface area contributed by atoms with Crippen molar-refractivity contribution in [2.75, 3.05) is 19.0 Å². The predicted molar refractivity (Wildman–Crippen MR) is 290 cm³/mol. The lowest BCUT2D eigenvalue weighted by atomic mass is 9.72. The van der Waals surface area contributed by atoms with Crippen LogP contribution >= 0.6 is 0 Å². The number of nitrogens with two attached hydrogens (primary N) is 1. The van der Waals surface area contributed by atoms with Crippen molar-refractivity contribution in [3.8, 4) is 23.0 Å². The summed E-state index contributed by atoms with van der Waals surface area (Å²) in [6, 6.07) is 17.6. The molecule has 2 aliphatic heterocycles. The molecule has 4 heterocycles. The predicted octanol–water partition coefficient (Wildman–Crippen LogP) is 4.22. The minimum absolute atomic E-state index is 0.0359. The highest BCUT2D eigenvalue weighted by atomic mass is 16.7. The van der Waals surface area contributed by atoms with Gasteiger partial charge in [-0.15, -0.1) is 0 Å². The molecule has 10 N–H and O–H groups in total. The summed E-state index contributed by atoms with van der Waals surface area (Å²) in [5.41, 5.74) is 6.22. The molecule has 5 aliphatic rings. The normalized spacial score (nSPS) is 25.7. The summed E-state index contributed by atoms with van der Waals surface area (Å²) >= 11 is 0. The molecule has 24 nitrogen and oxygen atoms in total. The number of carbonyl (C=O) groups is 6. The summed E-state index contributed by atoms with van der Waals surface area (Å²) < 4.78 is 28.7. The molecule has 3 aliphatic carbocycles. The molecule has 3 amide bonds. The highest BCUT2D eigenvalue weighted by Crippen LogP contribution is 2.53. The number of benzene rings is 3. The Morgan fingerprint density at radius 1 is 0.817 bits per heavy atom. The summed E-state index contributed by atoms with van der Waals surface area (Å²) in [6.45, 7) is 1.55. The van der Waals surface area contributed by atoms with Crippen molar-refractivity contribution in [1.29, 1.82) is 0 Å². The van der Waals surface area contributed by atoms with Crippen LogP contribution in [0.5, 0.6) is 23.0 Å². The number of aliphatic hydroxyl groups is 3. The Morgan fingerprint density at radius 3 is 2.20 bits per heavy atom. The fraction of sp³-hybridized carbons (Fsp3) is 0.379. The van der Waals surface area contributed by atoms with E-state index in [4.69, 9.17) is 29.4 Å². The number of phenolic OH excluding ortho intramolecular Hbond substituents is 2. The molecule has 1 saturated carbocycles. The number of anilines is 1. The molecular weight excluding hydrogens is 1060 g/mol. The number of aromatic hydroxyl groups is 2. The van der Waals surface area contributed by atoms with Crippen molar-refractivity contribution < 1.29 is 78.0 Å². The minimum Gasteiger partial charge on any atom is -0.507 e. The van der Waals surface area contributed by atoms with Gasteiger partial charge in [-0.05, 0) is 80.6 Å². The Bertz CT molecular complexity index is 3400. The van der Waals surface area contributed by atoms with E-state index in [9.17, 15) is 54.3 Å². The van der Waals surface area contributed by atoms with Crippen LogP contribution in [0.15, 0.2) is 95.4 Å². The summed E-state index contributed by atoms with van der Waals surface area (Å²) in [5, 5.41) is 73.9. The maximum absolute atomic E-state index is 14.1. The number of phenols is 2. The number of methoxy groups -OCH3 is 1. The van der Waals surface area contributed by atoms with Crippen LogP contribution in [-0.2, 0) is 36.8 Å². The molecule has 0 spiro atoms. The topological polar surface area (TPSA) is 362 Å². The molecule has 10 atom stereocenters. The van der Waals surface area contributed by atoms with E-state index in [1.807, 2.05) is 18.2 Å². The molecule has 9 unspecified atom stereocenters. The monoisotopic (exact) mass is 1120 g/mol. The minimum atomic E-state index is -2.40. The molecule has 2 aromatic heterocycles. The lowest BCUT2D eigenvalue weighted by molar-refractivity contribution is -0.249. The molecule has 10 rings (SSSR count). The fourth-order valence-corrected chi connectivity index (χ4v) is 11.6. The van der Waals surface area contributed by atoms with Gasteiger partial charge in [0.15, 0.2) is 17.9 Å². The van der Waals surface area contributed by atoms with E-state index < -0.39 is 120 Å². The number of pyridine rings is 2. The second-order valence-corrected chi connectivity index (χ2v) is 20.9. The second-order valence-electron chi connectivity index (χ2n) is 20.9. The number of hydrogen-bond donors (Lipinski definition) is 9. The third kappa shape index (κ3) is 11.3. The average molecular weight is 1130 g/mol. The van der Waals surface area contributed by atoms with Gasteiger partial charge in [0.2, 0.25) is 11.7 Å². The number of nitrogens with one attached hydrogen (secondary N) is 3. The molecule has 24 heteroatoms.